The lowest BCUT2D eigenvalue weighted by Gasteiger charge is -2.13. The van der Waals surface area contributed by atoms with Crippen molar-refractivity contribution in [3.8, 4) is 0 Å². The van der Waals surface area contributed by atoms with Crippen molar-refractivity contribution in [2.45, 2.75) is 38.4 Å². The summed E-state index contributed by atoms with van der Waals surface area (Å²) in [5.41, 5.74) is 1.25. The predicted molar refractivity (Wildman–Crippen MR) is 60.5 cm³/mol. The Morgan fingerprint density at radius 2 is 2.40 bits per heavy atom. The van der Waals surface area contributed by atoms with Crippen LogP contribution in [0.1, 0.15) is 25.3 Å². The normalized spacial score (nSPS) is 18.0. The van der Waals surface area contributed by atoms with Gasteiger partial charge in [0.05, 0.1) is 6.20 Å². The molecule has 1 aromatic heterocycles. The van der Waals surface area contributed by atoms with E-state index < -0.39 is 0 Å². The Bertz CT molecular complexity index is 303. The van der Waals surface area contributed by atoms with Crippen LogP contribution >= 0.6 is 0 Å². The second-order valence-electron chi connectivity index (χ2n) is 4.49. The number of nitrogens with zero attached hydrogens (tertiary/aromatic N) is 2. The molecule has 84 valence electrons. The highest BCUT2D eigenvalue weighted by Crippen LogP contribution is 2.18. The van der Waals surface area contributed by atoms with E-state index in [4.69, 9.17) is 0 Å². The monoisotopic (exact) mass is 208 g/mol. The number of aromatic nitrogens is 2. The minimum Gasteiger partial charge on any atom is -0.312 e. The van der Waals surface area contributed by atoms with Crippen molar-refractivity contribution in [1.82, 2.24) is 20.4 Å². The number of aryl methyl sites for hydroxylation is 1. The van der Waals surface area contributed by atoms with Crippen LogP contribution in [-0.4, -0.2) is 28.4 Å². The zero-order valence-corrected chi connectivity index (χ0v) is 9.53. The summed E-state index contributed by atoms with van der Waals surface area (Å²) in [6, 6.07) is 1.32. The van der Waals surface area contributed by atoms with Crippen LogP contribution in [0.25, 0.3) is 0 Å². The van der Waals surface area contributed by atoms with Gasteiger partial charge in [0.2, 0.25) is 0 Å². The highest BCUT2D eigenvalue weighted by molar-refractivity contribution is 5.03. The summed E-state index contributed by atoms with van der Waals surface area (Å²) in [5, 5.41) is 11.1. The maximum Gasteiger partial charge on any atom is 0.0534 e. The van der Waals surface area contributed by atoms with Crippen molar-refractivity contribution < 1.29 is 0 Å². The molecule has 1 heterocycles. The van der Waals surface area contributed by atoms with Gasteiger partial charge in [-0.3, -0.25) is 4.68 Å². The van der Waals surface area contributed by atoms with Gasteiger partial charge in [0.15, 0.2) is 0 Å². The molecule has 1 fully saturated rings. The molecule has 4 nitrogen and oxygen atoms in total. The van der Waals surface area contributed by atoms with E-state index in [1.165, 1.54) is 18.4 Å². The third kappa shape index (κ3) is 3.64. The molecule has 0 aliphatic heterocycles. The quantitative estimate of drug-likeness (QED) is 0.721. The second kappa shape index (κ2) is 4.77. The molecular weight excluding hydrogens is 188 g/mol. The van der Waals surface area contributed by atoms with Crippen LogP contribution < -0.4 is 10.6 Å². The van der Waals surface area contributed by atoms with Crippen molar-refractivity contribution in [2.24, 2.45) is 7.05 Å². The molecule has 0 amide bonds. The Morgan fingerprint density at radius 3 is 3.00 bits per heavy atom. The van der Waals surface area contributed by atoms with Gasteiger partial charge in [0, 0.05) is 44.0 Å². The summed E-state index contributed by atoms with van der Waals surface area (Å²) in [6.07, 6.45) is 6.67. The van der Waals surface area contributed by atoms with Crippen molar-refractivity contribution in [1.29, 1.82) is 0 Å². The molecule has 1 aliphatic carbocycles. The van der Waals surface area contributed by atoms with E-state index in [1.807, 2.05) is 24.1 Å². The summed E-state index contributed by atoms with van der Waals surface area (Å²) < 4.78 is 1.84. The molecule has 0 spiro atoms. The first kappa shape index (κ1) is 10.6. The molecule has 15 heavy (non-hydrogen) atoms. The van der Waals surface area contributed by atoms with Crippen LogP contribution in [0.3, 0.4) is 0 Å². The van der Waals surface area contributed by atoms with E-state index in [0.717, 1.165) is 19.1 Å². The lowest BCUT2D eigenvalue weighted by molar-refractivity contribution is 0.500. The Morgan fingerprint density at radius 1 is 1.60 bits per heavy atom. The van der Waals surface area contributed by atoms with E-state index in [0.29, 0.717) is 6.04 Å². The van der Waals surface area contributed by atoms with E-state index in [1.54, 1.807) is 0 Å². The van der Waals surface area contributed by atoms with Crippen LogP contribution in [0, 0.1) is 0 Å². The van der Waals surface area contributed by atoms with E-state index >= 15 is 0 Å². The molecule has 2 rings (SSSR count). The largest absolute Gasteiger partial charge is 0.312 e. The predicted octanol–water partition coefficient (Wildman–Crippen LogP) is 0.650. The fraction of sp³-hybridized carbons (Fsp3) is 0.727. The molecular formula is C11H20N4. The molecule has 1 atom stereocenters. The summed E-state index contributed by atoms with van der Waals surface area (Å²) in [6.45, 7) is 4.18. The first-order chi connectivity index (χ1) is 7.24. The van der Waals surface area contributed by atoms with E-state index in [9.17, 15) is 0 Å². The van der Waals surface area contributed by atoms with Crippen molar-refractivity contribution in [3.05, 3.63) is 18.0 Å². The van der Waals surface area contributed by atoms with Gasteiger partial charge in [0.25, 0.3) is 0 Å². The number of rotatable bonds is 6. The summed E-state index contributed by atoms with van der Waals surface area (Å²) in [7, 11) is 1.95. The number of hydrogen-bond donors (Lipinski definition) is 2. The highest BCUT2D eigenvalue weighted by atomic mass is 15.2. The van der Waals surface area contributed by atoms with Crippen LogP contribution in [0.2, 0.25) is 0 Å². The topological polar surface area (TPSA) is 41.9 Å². The van der Waals surface area contributed by atoms with Gasteiger partial charge in [-0.1, -0.05) is 0 Å². The van der Waals surface area contributed by atoms with Crippen LogP contribution in [-0.2, 0) is 13.6 Å². The van der Waals surface area contributed by atoms with Gasteiger partial charge in [-0.05, 0) is 19.8 Å². The minimum atomic E-state index is 0.519. The maximum atomic E-state index is 4.14. The Kier molecular flexibility index (Phi) is 3.38. The fourth-order valence-corrected chi connectivity index (χ4v) is 1.56. The van der Waals surface area contributed by atoms with Gasteiger partial charge in [0.1, 0.15) is 0 Å². The van der Waals surface area contributed by atoms with Crippen LogP contribution in [0.15, 0.2) is 12.4 Å². The molecule has 0 aromatic carbocycles. The third-order valence-electron chi connectivity index (χ3n) is 2.70. The third-order valence-corrected chi connectivity index (χ3v) is 2.70. The van der Waals surface area contributed by atoms with Crippen molar-refractivity contribution >= 4 is 0 Å². The lowest BCUT2D eigenvalue weighted by atomic mass is 10.3. The molecule has 1 unspecified atom stereocenters. The first-order valence-corrected chi connectivity index (χ1v) is 5.68. The Hall–Kier alpha value is -0.870. The molecule has 1 aromatic rings. The molecule has 4 heteroatoms. The van der Waals surface area contributed by atoms with Gasteiger partial charge in [-0.2, -0.15) is 5.10 Å². The fourth-order valence-electron chi connectivity index (χ4n) is 1.56. The lowest BCUT2D eigenvalue weighted by Crippen LogP contribution is -2.36. The van der Waals surface area contributed by atoms with Gasteiger partial charge < -0.3 is 10.6 Å². The SMILES string of the molecule is CC(CNC1CC1)NCc1cnn(C)c1. The summed E-state index contributed by atoms with van der Waals surface area (Å²) in [5.74, 6) is 0. The first-order valence-electron chi connectivity index (χ1n) is 5.68. The van der Waals surface area contributed by atoms with Crippen LogP contribution in [0.4, 0.5) is 0 Å². The molecule has 0 bridgehead atoms. The minimum absolute atomic E-state index is 0.519. The van der Waals surface area contributed by atoms with Crippen LogP contribution in [0.5, 0.6) is 0 Å². The van der Waals surface area contributed by atoms with Crippen molar-refractivity contribution in [3.63, 3.8) is 0 Å². The molecule has 0 radical (unpaired) electrons. The standard InChI is InChI=1S/C11H20N4/c1-9(5-13-11-3-4-11)12-6-10-7-14-15(2)8-10/h7-9,11-13H,3-6H2,1-2H3. The second-order valence-corrected chi connectivity index (χ2v) is 4.49. The molecule has 1 saturated carbocycles. The van der Waals surface area contributed by atoms with Gasteiger partial charge in [-0.15, -0.1) is 0 Å². The van der Waals surface area contributed by atoms with E-state index in [2.05, 4.69) is 22.7 Å². The number of hydrogen-bond acceptors (Lipinski definition) is 3. The Labute approximate surface area is 91.1 Å². The summed E-state index contributed by atoms with van der Waals surface area (Å²) in [4.78, 5) is 0. The zero-order chi connectivity index (χ0) is 10.7. The van der Waals surface area contributed by atoms with Gasteiger partial charge in [-0.25, -0.2) is 0 Å². The molecule has 0 saturated heterocycles. The average molecular weight is 208 g/mol. The number of nitrogens with one attached hydrogen (secondary N) is 2. The van der Waals surface area contributed by atoms with Gasteiger partial charge >= 0.3 is 0 Å². The van der Waals surface area contributed by atoms with Crippen molar-refractivity contribution in [2.75, 3.05) is 6.54 Å². The average Bonchev–Trinajstić information content (AvgIpc) is 2.95. The molecule has 2 N–H and O–H groups in total. The molecule has 1 aliphatic rings. The maximum absolute atomic E-state index is 4.14. The zero-order valence-electron chi connectivity index (χ0n) is 9.53. The van der Waals surface area contributed by atoms with E-state index in [-0.39, 0.29) is 0 Å². The Balaban J connectivity index is 1.63. The smallest absolute Gasteiger partial charge is 0.0534 e. The summed E-state index contributed by atoms with van der Waals surface area (Å²) >= 11 is 0. The highest BCUT2D eigenvalue weighted by Gasteiger charge is 2.20.